The van der Waals surface area contributed by atoms with Crippen LogP contribution in [0.25, 0.3) is 11.0 Å². The summed E-state index contributed by atoms with van der Waals surface area (Å²) in [6.45, 7) is 3.89. The first-order valence-electron chi connectivity index (χ1n) is 7.09. The van der Waals surface area contributed by atoms with Gasteiger partial charge in [-0.3, -0.25) is 4.79 Å². The Balaban J connectivity index is 1.63. The van der Waals surface area contributed by atoms with Gasteiger partial charge in [0, 0.05) is 13.1 Å². The number of aromatic nitrogens is 2. The first kappa shape index (κ1) is 13.5. The standard InChI is InChI=1S/C15H19N3OS/c1-11-5-6-12-13(9-11)17-15(16-12)20-10-14(19)18-7-3-2-4-8-18/h5-6,9H,2-4,7-8,10H2,1H3,(H,16,17). The van der Waals surface area contributed by atoms with Crippen molar-refractivity contribution in [2.45, 2.75) is 31.3 Å². The Bertz CT molecular complexity index is 617. The molecule has 0 aliphatic carbocycles. The number of aryl methyl sites for hydroxylation is 1. The van der Waals surface area contributed by atoms with Crippen molar-refractivity contribution in [1.29, 1.82) is 0 Å². The van der Waals surface area contributed by atoms with E-state index in [1.807, 2.05) is 11.0 Å². The highest BCUT2D eigenvalue weighted by atomic mass is 32.2. The van der Waals surface area contributed by atoms with Gasteiger partial charge in [0.15, 0.2) is 5.16 Å². The molecular weight excluding hydrogens is 270 g/mol. The second-order valence-electron chi connectivity index (χ2n) is 5.29. The topological polar surface area (TPSA) is 49.0 Å². The number of likely N-dealkylation sites (tertiary alicyclic amines) is 1. The highest BCUT2D eigenvalue weighted by Crippen LogP contribution is 2.21. The third kappa shape index (κ3) is 2.98. The number of thioether (sulfide) groups is 1. The van der Waals surface area contributed by atoms with E-state index in [9.17, 15) is 4.79 Å². The van der Waals surface area contributed by atoms with Crippen LogP contribution < -0.4 is 0 Å². The number of amides is 1. The summed E-state index contributed by atoms with van der Waals surface area (Å²) in [6, 6.07) is 6.15. The second kappa shape index (κ2) is 5.87. The van der Waals surface area contributed by atoms with Crippen LogP contribution in [-0.4, -0.2) is 39.6 Å². The molecule has 1 aliphatic rings. The van der Waals surface area contributed by atoms with E-state index in [4.69, 9.17) is 0 Å². The normalized spacial score (nSPS) is 15.8. The van der Waals surface area contributed by atoms with Gasteiger partial charge in [0.1, 0.15) is 0 Å². The van der Waals surface area contributed by atoms with E-state index in [0.717, 1.165) is 42.1 Å². The third-order valence-electron chi connectivity index (χ3n) is 3.66. The van der Waals surface area contributed by atoms with Crippen molar-refractivity contribution in [2.75, 3.05) is 18.8 Å². The van der Waals surface area contributed by atoms with E-state index in [2.05, 4.69) is 29.0 Å². The Morgan fingerprint density at radius 1 is 1.35 bits per heavy atom. The predicted molar refractivity (Wildman–Crippen MR) is 82.0 cm³/mol. The van der Waals surface area contributed by atoms with Crippen LogP contribution >= 0.6 is 11.8 Å². The number of nitrogens with zero attached hydrogens (tertiary/aromatic N) is 2. The summed E-state index contributed by atoms with van der Waals surface area (Å²) in [5, 5.41) is 0.830. The second-order valence-corrected chi connectivity index (χ2v) is 6.26. The number of carbonyl (C=O) groups excluding carboxylic acids is 1. The minimum Gasteiger partial charge on any atom is -0.342 e. The molecule has 20 heavy (non-hydrogen) atoms. The van der Waals surface area contributed by atoms with Crippen molar-refractivity contribution in [3.8, 4) is 0 Å². The van der Waals surface area contributed by atoms with E-state index in [1.54, 1.807) is 0 Å². The lowest BCUT2D eigenvalue weighted by molar-refractivity contribution is -0.129. The SMILES string of the molecule is Cc1ccc2nc(SCC(=O)N3CCCCC3)[nH]c2c1. The van der Waals surface area contributed by atoms with Gasteiger partial charge < -0.3 is 9.88 Å². The van der Waals surface area contributed by atoms with Gasteiger partial charge in [0.25, 0.3) is 0 Å². The first-order chi connectivity index (χ1) is 9.72. The largest absolute Gasteiger partial charge is 0.342 e. The lowest BCUT2D eigenvalue weighted by atomic mass is 10.1. The lowest BCUT2D eigenvalue weighted by Gasteiger charge is -2.26. The maximum atomic E-state index is 12.1. The number of imidazole rings is 1. The van der Waals surface area contributed by atoms with Crippen molar-refractivity contribution in [3.05, 3.63) is 23.8 Å². The molecule has 1 amide bonds. The minimum atomic E-state index is 0.228. The minimum absolute atomic E-state index is 0.228. The quantitative estimate of drug-likeness (QED) is 0.884. The Morgan fingerprint density at radius 2 is 2.15 bits per heavy atom. The zero-order valence-corrected chi connectivity index (χ0v) is 12.5. The number of benzene rings is 1. The van der Waals surface area contributed by atoms with Gasteiger partial charge in [0.2, 0.25) is 5.91 Å². The number of carbonyl (C=O) groups is 1. The van der Waals surface area contributed by atoms with E-state index < -0.39 is 0 Å². The maximum Gasteiger partial charge on any atom is 0.233 e. The molecule has 1 saturated heterocycles. The Kier molecular flexibility index (Phi) is 3.96. The van der Waals surface area contributed by atoms with Crippen molar-refractivity contribution in [3.63, 3.8) is 0 Å². The molecule has 0 spiro atoms. The van der Waals surface area contributed by atoms with Gasteiger partial charge >= 0.3 is 0 Å². The van der Waals surface area contributed by atoms with Gasteiger partial charge in [0.05, 0.1) is 16.8 Å². The van der Waals surface area contributed by atoms with E-state index in [1.165, 1.54) is 23.7 Å². The van der Waals surface area contributed by atoms with Crippen LogP contribution in [0, 0.1) is 6.92 Å². The summed E-state index contributed by atoms with van der Waals surface area (Å²) in [6.07, 6.45) is 3.53. The fraction of sp³-hybridized carbons (Fsp3) is 0.467. The number of rotatable bonds is 3. The van der Waals surface area contributed by atoms with Gasteiger partial charge in [-0.15, -0.1) is 0 Å². The van der Waals surface area contributed by atoms with E-state index >= 15 is 0 Å². The molecular formula is C15H19N3OS. The fourth-order valence-corrected chi connectivity index (χ4v) is 3.32. The number of nitrogens with one attached hydrogen (secondary N) is 1. The molecule has 3 rings (SSSR count). The van der Waals surface area contributed by atoms with E-state index in [0.29, 0.717) is 5.75 Å². The van der Waals surface area contributed by atoms with Gasteiger partial charge in [-0.05, 0) is 43.9 Å². The Morgan fingerprint density at radius 3 is 2.95 bits per heavy atom. The number of piperidine rings is 1. The lowest BCUT2D eigenvalue weighted by Crippen LogP contribution is -2.36. The van der Waals surface area contributed by atoms with E-state index in [-0.39, 0.29) is 5.91 Å². The zero-order chi connectivity index (χ0) is 13.9. The summed E-state index contributed by atoms with van der Waals surface area (Å²) < 4.78 is 0. The number of hydrogen-bond donors (Lipinski definition) is 1. The summed E-state index contributed by atoms with van der Waals surface area (Å²) in [7, 11) is 0. The molecule has 0 saturated carbocycles. The third-order valence-corrected chi connectivity index (χ3v) is 4.51. The van der Waals surface area contributed by atoms with Crippen LogP contribution in [-0.2, 0) is 4.79 Å². The van der Waals surface area contributed by atoms with Crippen LogP contribution in [0.2, 0.25) is 0 Å². The van der Waals surface area contributed by atoms with Crippen LogP contribution in [0.1, 0.15) is 24.8 Å². The predicted octanol–water partition coefficient (Wildman–Crippen LogP) is 2.98. The molecule has 0 unspecified atom stereocenters. The molecule has 1 N–H and O–H groups in total. The first-order valence-corrected chi connectivity index (χ1v) is 8.08. The van der Waals surface area contributed by atoms with Crippen molar-refractivity contribution < 1.29 is 4.79 Å². The maximum absolute atomic E-state index is 12.1. The van der Waals surface area contributed by atoms with Crippen LogP contribution in [0.5, 0.6) is 0 Å². The Labute approximate surface area is 123 Å². The molecule has 0 atom stereocenters. The molecule has 1 aromatic carbocycles. The van der Waals surface area contributed by atoms with Crippen molar-refractivity contribution in [1.82, 2.24) is 14.9 Å². The van der Waals surface area contributed by atoms with Crippen LogP contribution in [0.15, 0.2) is 23.4 Å². The molecule has 1 aliphatic heterocycles. The van der Waals surface area contributed by atoms with Crippen molar-refractivity contribution in [2.24, 2.45) is 0 Å². The average Bonchev–Trinajstić information content (AvgIpc) is 2.87. The molecule has 4 nitrogen and oxygen atoms in total. The monoisotopic (exact) mass is 289 g/mol. The number of hydrogen-bond acceptors (Lipinski definition) is 3. The number of H-pyrrole nitrogens is 1. The van der Waals surface area contributed by atoms with Gasteiger partial charge in [-0.25, -0.2) is 4.98 Å². The molecule has 0 radical (unpaired) electrons. The highest BCUT2D eigenvalue weighted by Gasteiger charge is 2.17. The molecule has 2 heterocycles. The van der Waals surface area contributed by atoms with Crippen LogP contribution in [0.4, 0.5) is 0 Å². The van der Waals surface area contributed by atoms with Gasteiger partial charge in [-0.2, -0.15) is 0 Å². The summed E-state index contributed by atoms with van der Waals surface area (Å²) in [5.74, 6) is 0.699. The molecule has 0 bridgehead atoms. The van der Waals surface area contributed by atoms with Gasteiger partial charge in [-0.1, -0.05) is 17.8 Å². The van der Waals surface area contributed by atoms with Crippen molar-refractivity contribution >= 4 is 28.7 Å². The molecule has 106 valence electrons. The highest BCUT2D eigenvalue weighted by molar-refractivity contribution is 7.99. The number of aromatic amines is 1. The average molecular weight is 289 g/mol. The summed E-state index contributed by atoms with van der Waals surface area (Å²) in [5.41, 5.74) is 3.21. The molecule has 5 heteroatoms. The smallest absolute Gasteiger partial charge is 0.233 e. The zero-order valence-electron chi connectivity index (χ0n) is 11.7. The molecule has 1 fully saturated rings. The molecule has 1 aromatic heterocycles. The Hall–Kier alpha value is -1.49. The number of fused-ring (bicyclic) bond motifs is 1. The fourth-order valence-electron chi connectivity index (χ4n) is 2.53. The molecule has 2 aromatic rings. The van der Waals surface area contributed by atoms with Crippen LogP contribution in [0.3, 0.4) is 0 Å². The summed E-state index contributed by atoms with van der Waals surface area (Å²) >= 11 is 1.50. The summed E-state index contributed by atoms with van der Waals surface area (Å²) in [4.78, 5) is 21.9.